The molecule has 1 saturated heterocycles. The zero-order valence-electron chi connectivity index (χ0n) is 13.5. The molecule has 128 valence electrons. The van der Waals surface area contributed by atoms with Crippen LogP contribution in [0.4, 0.5) is 0 Å². The Morgan fingerprint density at radius 1 is 1.33 bits per heavy atom. The van der Waals surface area contributed by atoms with Crippen LogP contribution in [0.5, 0.6) is 0 Å². The van der Waals surface area contributed by atoms with Crippen LogP contribution < -0.4 is 5.32 Å². The molecule has 0 aromatic heterocycles. The molecule has 0 radical (unpaired) electrons. The Bertz CT molecular complexity index is 776. The van der Waals surface area contributed by atoms with E-state index in [-0.39, 0.29) is 10.5 Å². The van der Waals surface area contributed by atoms with Crippen LogP contribution >= 0.6 is 12.2 Å². The lowest BCUT2D eigenvalue weighted by atomic mass is 10.2. The van der Waals surface area contributed by atoms with Gasteiger partial charge in [-0.2, -0.15) is 9.57 Å². The number of nitrogens with zero attached hydrogens (tertiary/aromatic N) is 3. The summed E-state index contributed by atoms with van der Waals surface area (Å²) >= 11 is 5.32. The van der Waals surface area contributed by atoms with E-state index in [0.717, 1.165) is 5.57 Å². The first-order valence-corrected chi connectivity index (χ1v) is 9.37. The molecule has 0 spiro atoms. The van der Waals surface area contributed by atoms with Gasteiger partial charge in [-0.25, -0.2) is 8.42 Å². The van der Waals surface area contributed by atoms with Gasteiger partial charge in [0.15, 0.2) is 5.11 Å². The summed E-state index contributed by atoms with van der Waals surface area (Å²) < 4.78 is 26.9. The second kappa shape index (κ2) is 7.75. The third-order valence-electron chi connectivity index (χ3n) is 3.69. The van der Waals surface area contributed by atoms with E-state index in [0.29, 0.717) is 37.8 Å². The number of rotatable bonds is 4. The van der Waals surface area contributed by atoms with Gasteiger partial charge in [-0.05, 0) is 31.3 Å². The number of nitriles is 1. The van der Waals surface area contributed by atoms with E-state index in [1.54, 1.807) is 12.1 Å². The Hall–Kier alpha value is -1.95. The number of piperazine rings is 1. The molecular weight excluding hydrogens is 344 g/mol. The molecule has 1 aliphatic heterocycles. The van der Waals surface area contributed by atoms with Crippen LogP contribution in [-0.2, 0) is 10.0 Å². The van der Waals surface area contributed by atoms with Crippen LogP contribution in [-0.4, -0.2) is 55.5 Å². The van der Waals surface area contributed by atoms with Crippen LogP contribution in [0.2, 0.25) is 0 Å². The number of hydrogen-bond donors (Lipinski definition) is 1. The van der Waals surface area contributed by atoms with Crippen molar-refractivity contribution in [3.05, 3.63) is 42.0 Å². The second-order valence-electron chi connectivity index (χ2n) is 5.61. The number of benzene rings is 1. The maximum absolute atomic E-state index is 12.8. The molecule has 6 nitrogen and oxygen atoms in total. The van der Waals surface area contributed by atoms with Gasteiger partial charge in [0.05, 0.1) is 10.5 Å². The van der Waals surface area contributed by atoms with Crippen molar-refractivity contribution in [2.45, 2.75) is 11.8 Å². The van der Waals surface area contributed by atoms with Gasteiger partial charge in [-0.15, -0.1) is 0 Å². The molecule has 0 unspecified atom stereocenters. The lowest BCUT2D eigenvalue weighted by Crippen LogP contribution is -2.53. The summed E-state index contributed by atoms with van der Waals surface area (Å²) in [6, 6.07) is 8.20. The fourth-order valence-electron chi connectivity index (χ4n) is 2.39. The van der Waals surface area contributed by atoms with Gasteiger partial charge in [0, 0.05) is 32.7 Å². The van der Waals surface area contributed by atoms with Crippen molar-refractivity contribution in [3.63, 3.8) is 0 Å². The molecular formula is C16H20N4O2S2. The standard InChI is InChI=1S/C16H20N4O2S2/c1-13(2)12-18-16(23)19-7-9-20(10-8-19)24(21,22)15-6-4-3-5-14(15)11-17/h3-6H,1,7-10,12H2,2H3,(H,18,23). The number of hydrogen-bond acceptors (Lipinski definition) is 4. The number of thiocarbonyl (C=S) groups is 1. The lowest BCUT2D eigenvalue weighted by molar-refractivity contribution is 0.264. The third-order valence-corrected chi connectivity index (χ3v) is 6.05. The third kappa shape index (κ3) is 4.12. The Kier molecular flexibility index (Phi) is 5.94. The molecule has 0 amide bonds. The fraction of sp³-hybridized carbons (Fsp3) is 0.375. The van der Waals surface area contributed by atoms with Gasteiger partial charge in [-0.1, -0.05) is 24.3 Å². The van der Waals surface area contributed by atoms with Crippen LogP contribution in [0.3, 0.4) is 0 Å². The highest BCUT2D eigenvalue weighted by Gasteiger charge is 2.30. The predicted molar refractivity (Wildman–Crippen MR) is 96.9 cm³/mol. The van der Waals surface area contributed by atoms with Crippen molar-refractivity contribution in [2.75, 3.05) is 32.7 Å². The normalized spacial score (nSPS) is 15.6. The monoisotopic (exact) mass is 364 g/mol. The predicted octanol–water partition coefficient (Wildman–Crippen LogP) is 1.32. The molecule has 1 heterocycles. The van der Waals surface area contributed by atoms with Crippen molar-refractivity contribution in [3.8, 4) is 6.07 Å². The number of nitrogens with one attached hydrogen (secondary N) is 1. The molecule has 1 aromatic carbocycles. The fourth-order valence-corrected chi connectivity index (χ4v) is 4.21. The first-order valence-electron chi connectivity index (χ1n) is 7.52. The molecule has 0 saturated carbocycles. The van der Waals surface area contributed by atoms with Gasteiger partial charge in [0.2, 0.25) is 10.0 Å². The summed E-state index contributed by atoms with van der Waals surface area (Å²) in [7, 11) is -3.67. The molecule has 2 rings (SSSR count). The van der Waals surface area contributed by atoms with Crippen molar-refractivity contribution in [1.82, 2.24) is 14.5 Å². The van der Waals surface area contributed by atoms with E-state index in [1.165, 1.54) is 16.4 Å². The van der Waals surface area contributed by atoms with Gasteiger partial charge in [0.25, 0.3) is 0 Å². The van der Waals surface area contributed by atoms with Crippen LogP contribution in [0, 0.1) is 11.3 Å². The highest BCUT2D eigenvalue weighted by Crippen LogP contribution is 2.21. The van der Waals surface area contributed by atoms with E-state index in [9.17, 15) is 8.42 Å². The van der Waals surface area contributed by atoms with E-state index >= 15 is 0 Å². The van der Waals surface area contributed by atoms with Gasteiger partial charge in [-0.3, -0.25) is 0 Å². The maximum Gasteiger partial charge on any atom is 0.244 e. The minimum absolute atomic E-state index is 0.0592. The zero-order chi connectivity index (χ0) is 17.7. The van der Waals surface area contributed by atoms with Gasteiger partial charge < -0.3 is 10.2 Å². The minimum Gasteiger partial charge on any atom is -0.359 e. The van der Waals surface area contributed by atoms with Gasteiger partial charge in [0.1, 0.15) is 6.07 Å². The van der Waals surface area contributed by atoms with Crippen LogP contribution in [0.15, 0.2) is 41.3 Å². The largest absolute Gasteiger partial charge is 0.359 e. The van der Waals surface area contributed by atoms with E-state index in [1.807, 2.05) is 17.9 Å². The average Bonchev–Trinajstić information content (AvgIpc) is 2.59. The molecule has 1 N–H and O–H groups in total. The lowest BCUT2D eigenvalue weighted by Gasteiger charge is -2.35. The minimum atomic E-state index is -3.67. The van der Waals surface area contributed by atoms with Crippen LogP contribution in [0.25, 0.3) is 0 Å². The summed E-state index contributed by atoms with van der Waals surface area (Å²) in [4.78, 5) is 2.00. The van der Waals surface area contributed by atoms with Crippen molar-refractivity contribution in [1.29, 1.82) is 5.26 Å². The summed E-state index contributed by atoms with van der Waals surface area (Å²) in [5, 5.41) is 12.8. The Labute approximate surface area is 148 Å². The highest BCUT2D eigenvalue weighted by molar-refractivity contribution is 7.89. The zero-order valence-corrected chi connectivity index (χ0v) is 15.2. The van der Waals surface area contributed by atoms with Crippen molar-refractivity contribution < 1.29 is 8.42 Å². The van der Waals surface area contributed by atoms with E-state index in [4.69, 9.17) is 17.5 Å². The van der Waals surface area contributed by atoms with E-state index < -0.39 is 10.0 Å². The van der Waals surface area contributed by atoms with Crippen molar-refractivity contribution >= 4 is 27.4 Å². The molecule has 1 aromatic rings. The Morgan fingerprint density at radius 3 is 2.54 bits per heavy atom. The summed E-state index contributed by atoms with van der Waals surface area (Å²) in [5.74, 6) is 0. The molecule has 0 atom stereocenters. The summed E-state index contributed by atoms with van der Waals surface area (Å²) in [6.45, 7) is 8.01. The quantitative estimate of drug-likeness (QED) is 0.641. The topological polar surface area (TPSA) is 76.4 Å². The summed E-state index contributed by atoms with van der Waals surface area (Å²) in [6.07, 6.45) is 0. The number of sulfonamides is 1. The molecule has 8 heteroatoms. The molecule has 24 heavy (non-hydrogen) atoms. The highest BCUT2D eigenvalue weighted by atomic mass is 32.2. The smallest absolute Gasteiger partial charge is 0.244 e. The first-order chi connectivity index (χ1) is 11.4. The first kappa shape index (κ1) is 18.4. The van der Waals surface area contributed by atoms with E-state index in [2.05, 4.69) is 11.9 Å². The molecule has 0 aliphatic carbocycles. The average molecular weight is 364 g/mol. The second-order valence-corrected chi connectivity index (χ2v) is 7.91. The molecule has 0 bridgehead atoms. The molecule has 1 fully saturated rings. The maximum atomic E-state index is 12.8. The van der Waals surface area contributed by atoms with Crippen molar-refractivity contribution in [2.24, 2.45) is 0 Å². The molecule has 1 aliphatic rings. The Morgan fingerprint density at radius 2 is 1.96 bits per heavy atom. The SMILES string of the molecule is C=C(C)CNC(=S)N1CCN(S(=O)(=O)c2ccccc2C#N)CC1. The Balaban J connectivity index is 2.05. The summed E-state index contributed by atoms with van der Waals surface area (Å²) in [5.41, 5.74) is 1.14. The van der Waals surface area contributed by atoms with Crippen LogP contribution in [0.1, 0.15) is 12.5 Å². The van der Waals surface area contributed by atoms with Gasteiger partial charge >= 0.3 is 0 Å².